The van der Waals surface area contributed by atoms with Crippen molar-refractivity contribution in [3.63, 3.8) is 0 Å². The van der Waals surface area contributed by atoms with Gasteiger partial charge in [-0.3, -0.25) is 4.72 Å². The summed E-state index contributed by atoms with van der Waals surface area (Å²) in [6.45, 7) is 0.551. The molecule has 0 unspecified atom stereocenters. The first-order chi connectivity index (χ1) is 14.6. The summed E-state index contributed by atoms with van der Waals surface area (Å²) >= 11 is 0. The first kappa shape index (κ1) is 25.6. The molecule has 0 aliphatic rings. The molecule has 32 heavy (non-hydrogen) atoms. The summed E-state index contributed by atoms with van der Waals surface area (Å²) in [5.41, 5.74) is 0.581. The molecule has 2 aromatic carbocycles. The van der Waals surface area contributed by atoms with E-state index in [1.165, 1.54) is 12.1 Å². The number of ether oxygens (including phenoxy) is 2. The molecule has 0 aromatic heterocycles. The van der Waals surface area contributed by atoms with Crippen molar-refractivity contribution in [3.8, 4) is 11.5 Å². The van der Waals surface area contributed by atoms with Gasteiger partial charge in [0.25, 0.3) is 10.0 Å². The van der Waals surface area contributed by atoms with Gasteiger partial charge in [0.1, 0.15) is 11.5 Å². The molecule has 5 nitrogen and oxygen atoms in total. The predicted octanol–water partition coefficient (Wildman–Crippen LogP) is 5.57. The summed E-state index contributed by atoms with van der Waals surface area (Å²) in [5.74, 6) is -0.691. The third kappa shape index (κ3) is 8.85. The van der Waals surface area contributed by atoms with Gasteiger partial charge in [0.2, 0.25) is 0 Å². The molecule has 0 heterocycles. The third-order valence-corrected chi connectivity index (χ3v) is 5.21. The van der Waals surface area contributed by atoms with Gasteiger partial charge in [0, 0.05) is 18.2 Å². The smallest absolute Gasteiger partial charge is 0.422 e. The highest BCUT2D eigenvalue weighted by molar-refractivity contribution is 7.92. The number of nitrogens with one attached hydrogen (secondary N) is 1. The highest BCUT2D eigenvalue weighted by atomic mass is 32.2. The molecule has 0 bridgehead atoms. The van der Waals surface area contributed by atoms with E-state index >= 15 is 0 Å². The van der Waals surface area contributed by atoms with Gasteiger partial charge in [0.05, 0.1) is 10.6 Å². The predicted molar refractivity (Wildman–Crippen MR) is 105 cm³/mol. The van der Waals surface area contributed by atoms with Crippen LogP contribution < -0.4 is 14.2 Å². The van der Waals surface area contributed by atoms with E-state index in [1.807, 2.05) is 13.8 Å². The largest absolute Gasteiger partial charge is 0.484 e. The Morgan fingerprint density at radius 3 is 1.72 bits per heavy atom. The minimum atomic E-state index is -4.71. The highest BCUT2D eigenvalue weighted by Crippen LogP contribution is 2.30. The SMILES string of the molecule is CC(C)Cc1ccc(S(=O)(=O)Nc2cc(OCC(F)(F)F)cc(OCC(F)(F)F)c2)cc1. The second kappa shape index (κ2) is 9.88. The van der Waals surface area contributed by atoms with Crippen LogP contribution in [0.25, 0.3) is 0 Å². The summed E-state index contributed by atoms with van der Waals surface area (Å²) in [6.07, 6.45) is -8.69. The Morgan fingerprint density at radius 2 is 1.31 bits per heavy atom. The lowest BCUT2D eigenvalue weighted by Gasteiger charge is -2.15. The summed E-state index contributed by atoms with van der Waals surface area (Å²) in [5, 5.41) is 0. The molecule has 2 rings (SSSR count). The summed E-state index contributed by atoms with van der Waals surface area (Å²) in [7, 11) is -4.18. The van der Waals surface area contributed by atoms with Crippen LogP contribution in [-0.4, -0.2) is 34.0 Å². The highest BCUT2D eigenvalue weighted by Gasteiger charge is 2.30. The Bertz CT molecular complexity index is 966. The van der Waals surface area contributed by atoms with Gasteiger partial charge >= 0.3 is 12.4 Å². The lowest BCUT2D eigenvalue weighted by atomic mass is 10.0. The Hall–Kier alpha value is -2.63. The van der Waals surface area contributed by atoms with Crippen molar-refractivity contribution in [3.05, 3.63) is 48.0 Å². The molecule has 0 spiro atoms. The van der Waals surface area contributed by atoms with Gasteiger partial charge in [-0.25, -0.2) is 8.42 Å². The zero-order valence-electron chi connectivity index (χ0n) is 17.0. The second-order valence-corrected chi connectivity index (χ2v) is 9.03. The topological polar surface area (TPSA) is 64.6 Å². The van der Waals surface area contributed by atoms with Gasteiger partial charge < -0.3 is 9.47 Å². The summed E-state index contributed by atoms with van der Waals surface area (Å²) < 4.78 is 111. The van der Waals surface area contributed by atoms with Crippen LogP contribution in [0.5, 0.6) is 11.5 Å². The van der Waals surface area contributed by atoms with Crippen LogP contribution in [0.3, 0.4) is 0 Å². The van der Waals surface area contributed by atoms with Gasteiger partial charge in [-0.1, -0.05) is 26.0 Å². The Kier molecular flexibility index (Phi) is 7.92. The molecular weight excluding hydrogens is 464 g/mol. The molecule has 0 amide bonds. The normalized spacial score (nSPS) is 12.7. The Balaban J connectivity index is 2.28. The molecule has 2 aromatic rings. The number of halogens is 6. The van der Waals surface area contributed by atoms with Gasteiger partial charge in [-0.2, -0.15) is 26.3 Å². The van der Waals surface area contributed by atoms with Crippen molar-refractivity contribution < 1.29 is 44.2 Å². The van der Waals surface area contributed by atoms with Gasteiger partial charge in [-0.05, 0) is 30.0 Å². The minimum Gasteiger partial charge on any atom is -0.484 e. The number of hydrogen-bond donors (Lipinski definition) is 1. The zero-order chi connectivity index (χ0) is 24.2. The standard InChI is InChI=1S/C20H21F6NO4S/c1-13(2)7-14-3-5-18(6-4-14)32(28,29)27-15-8-16(30-11-19(21,22)23)10-17(9-15)31-12-20(24,25)26/h3-6,8-10,13,27H,7,11-12H2,1-2H3. The molecule has 178 valence electrons. The van der Waals surface area contributed by atoms with Crippen LogP contribution in [0.1, 0.15) is 19.4 Å². The minimum absolute atomic E-state index is 0.135. The third-order valence-electron chi connectivity index (χ3n) is 3.81. The molecule has 0 atom stereocenters. The average molecular weight is 485 g/mol. The molecule has 1 N–H and O–H groups in total. The van der Waals surface area contributed by atoms with Crippen LogP contribution >= 0.6 is 0 Å². The fourth-order valence-electron chi connectivity index (χ4n) is 2.62. The average Bonchev–Trinajstić information content (AvgIpc) is 2.63. The summed E-state index contributed by atoms with van der Waals surface area (Å²) in [4.78, 5) is -0.135. The maximum atomic E-state index is 12.6. The number of hydrogen-bond acceptors (Lipinski definition) is 4. The summed E-state index contributed by atoms with van der Waals surface area (Å²) in [6, 6.07) is 8.57. The van der Waals surface area contributed by atoms with Crippen LogP contribution in [-0.2, 0) is 16.4 Å². The maximum Gasteiger partial charge on any atom is 0.422 e. The van der Waals surface area contributed by atoms with Crippen molar-refractivity contribution in [1.82, 2.24) is 0 Å². The fraction of sp³-hybridized carbons (Fsp3) is 0.400. The monoisotopic (exact) mass is 485 g/mol. The zero-order valence-corrected chi connectivity index (χ0v) is 17.9. The van der Waals surface area contributed by atoms with E-state index in [0.29, 0.717) is 5.92 Å². The van der Waals surface area contributed by atoms with E-state index < -0.39 is 47.1 Å². The fourth-order valence-corrected chi connectivity index (χ4v) is 3.66. The van der Waals surface area contributed by atoms with Crippen molar-refractivity contribution >= 4 is 15.7 Å². The number of benzene rings is 2. The molecule has 0 aliphatic carbocycles. The Morgan fingerprint density at radius 1 is 0.844 bits per heavy atom. The maximum absolute atomic E-state index is 12.6. The van der Waals surface area contributed by atoms with E-state index in [-0.39, 0.29) is 10.6 Å². The number of alkyl halides is 6. The number of rotatable bonds is 9. The number of anilines is 1. The molecule has 0 radical (unpaired) electrons. The van der Waals surface area contributed by atoms with Crippen molar-refractivity contribution in [2.24, 2.45) is 5.92 Å². The molecular formula is C20H21F6NO4S. The van der Waals surface area contributed by atoms with Crippen molar-refractivity contribution in [2.75, 3.05) is 17.9 Å². The van der Waals surface area contributed by atoms with E-state index in [2.05, 4.69) is 14.2 Å². The van der Waals surface area contributed by atoms with Gasteiger partial charge in [0.15, 0.2) is 13.2 Å². The van der Waals surface area contributed by atoms with E-state index in [0.717, 1.165) is 30.2 Å². The molecule has 0 aliphatic heterocycles. The lowest BCUT2D eigenvalue weighted by Crippen LogP contribution is -2.20. The van der Waals surface area contributed by atoms with Crippen molar-refractivity contribution in [1.29, 1.82) is 0 Å². The Labute approximate surface area is 181 Å². The quantitative estimate of drug-likeness (QED) is 0.472. The van der Waals surface area contributed by atoms with Gasteiger partial charge in [-0.15, -0.1) is 0 Å². The van der Waals surface area contributed by atoms with E-state index in [4.69, 9.17) is 0 Å². The van der Waals surface area contributed by atoms with Crippen LogP contribution in [0.4, 0.5) is 32.0 Å². The van der Waals surface area contributed by atoms with Crippen molar-refractivity contribution in [2.45, 2.75) is 37.5 Å². The second-order valence-electron chi connectivity index (χ2n) is 7.35. The molecule has 0 saturated heterocycles. The van der Waals surface area contributed by atoms with Crippen LogP contribution in [0.15, 0.2) is 47.4 Å². The molecule has 12 heteroatoms. The molecule has 0 saturated carbocycles. The number of sulfonamides is 1. The van der Waals surface area contributed by atoms with E-state index in [9.17, 15) is 34.8 Å². The van der Waals surface area contributed by atoms with E-state index in [1.54, 1.807) is 12.1 Å². The lowest BCUT2D eigenvalue weighted by molar-refractivity contribution is -0.153. The first-order valence-electron chi connectivity index (χ1n) is 9.29. The van der Waals surface area contributed by atoms with Crippen LogP contribution in [0.2, 0.25) is 0 Å². The first-order valence-corrected chi connectivity index (χ1v) is 10.8. The van der Waals surface area contributed by atoms with Crippen LogP contribution in [0, 0.1) is 5.92 Å². The molecule has 0 fully saturated rings.